The van der Waals surface area contributed by atoms with Crippen LogP contribution in [0.1, 0.15) is 0 Å². The first-order valence-electron chi connectivity index (χ1n) is 9.97. The van der Waals surface area contributed by atoms with Gasteiger partial charge in [-0.05, 0) is 42.0 Å². The Balaban J connectivity index is 1.41. The summed E-state index contributed by atoms with van der Waals surface area (Å²) < 4.78 is 52.8. The number of para-hydroxylation sites is 1. The quantitative estimate of drug-likeness (QED) is 0.340. The van der Waals surface area contributed by atoms with Gasteiger partial charge in [-0.25, -0.2) is 17.8 Å². The molecule has 3 aromatic heterocycles. The van der Waals surface area contributed by atoms with E-state index in [-0.39, 0.29) is 28.2 Å². The Morgan fingerprint density at radius 2 is 1.82 bits per heavy atom. The Kier molecular flexibility index (Phi) is 5.34. The highest BCUT2D eigenvalue weighted by molar-refractivity contribution is 7.92. The van der Waals surface area contributed by atoms with Gasteiger partial charge in [-0.15, -0.1) is 0 Å². The number of aromatic hydroxyl groups is 1. The monoisotopic (exact) mass is 477 g/mol. The highest BCUT2D eigenvalue weighted by atomic mass is 32.2. The fourth-order valence-corrected chi connectivity index (χ4v) is 4.30. The first kappa shape index (κ1) is 21.4. The Morgan fingerprint density at radius 3 is 2.59 bits per heavy atom. The molecule has 0 aliphatic rings. The van der Waals surface area contributed by atoms with Crippen molar-refractivity contribution in [1.29, 1.82) is 0 Å². The van der Waals surface area contributed by atoms with E-state index >= 15 is 0 Å². The number of sulfonamides is 1. The van der Waals surface area contributed by atoms with Crippen LogP contribution in [0.25, 0.3) is 22.0 Å². The molecule has 10 heteroatoms. The van der Waals surface area contributed by atoms with Crippen molar-refractivity contribution in [3.05, 3.63) is 91.2 Å². The summed E-state index contributed by atoms with van der Waals surface area (Å²) in [6, 6.07) is 16.7. The normalized spacial score (nSPS) is 11.4. The number of nitrogens with one attached hydrogen (secondary N) is 1. The number of ether oxygens (including phenoxy) is 1. The molecule has 0 fully saturated rings. The zero-order chi connectivity index (χ0) is 23.7. The van der Waals surface area contributed by atoms with Gasteiger partial charge in [-0.2, -0.15) is 0 Å². The topological polar surface area (TPSA) is 115 Å². The van der Waals surface area contributed by atoms with Crippen LogP contribution in [-0.4, -0.2) is 23.5 Å². The maximum absolute atomic E-state index is 14.5. The van der Waals surface area contributed by atoms with Crippen molar-refractivity contribution >= 4 is 26.6 Å². The van der Waals surface area contributed by atoms with Crippen molar-refractivity contribution in [3.8, 4) is 28.7 Å². The number of benzene rings is 2. The highest BCUT2D eigenvalue weighted by Crippen LogP contribution is 2.30. The minimum atomic E-state index is -4.13. The second-order valence-electron chi connectivity index (χ2n) is 7.24. The lowest BCUT2D eigenvalue weighted by Gasteiger charge is -2.11. The van der Waals surface area contributed by atoms with Crippen LogP contribution in [0.4, 0.5) is 10.1 Å². The van der Waals surface area contributed by atoms with Gasteiger partial charge in [0.05, 0.1) is 18.1 Å². The largest absolute Gasteiger partial charge is 0.506 e. The summed E-state index contributed by atoms with van der Waals surface area (Å²) in [7, 11) is -4.13. The molecule has 5 aromatic rings. The second kappa shape index (κ2) is 8.49. The number of hydrogen-bond donors (Lipinski definition) is 2. The maximum atomic E-state index is 14.5. The van der Waals surface area contributed by atoms with Crippen LogP contribution in [0.2, 0.25) is 0 Å². The Bertz CT molecular complexity index is 1590. The smallest absolute Gasteiger partial charge is 0.291 e. The predicted molar refractivity (Wildman–Crippen MR) is 123 cm³/mol. The van der Waals surface area contributed by atoms with E-state index in [0.717, 1.165) is 6.20 Å². The molecular formula is C24H16FN3O5S. The zero-order valence-corrected chi connectivity index (χ0v) is 18.2. The number of fused-ring (bicyclic) bond motifs is 1. The number of furan rings is 1. The van der Waals surface area contributed by atoms with Crippen LogP contribution in [0, 0.1) is 5.82 Å². The lowest BCUT2D eigenvalue weighted by atomic mass is 10.0. The number of phenols is 1. The zero-order valence-electron chi connectivity index (χ0n) is 17.3. The number of pyridine rings is 2. The minimum Gasteiger partial charge on any atom is -0.506 e. The molecular weight excluding hydrogens is 461 g/mol. The minimum absolute atomic E-state index is 0.0470. The van der Waals surface area contributed by atoms with Crippen molar-refractivity contribution in [1.82, 2.24) is 9.97 Å². The molecule has 5 rings (SSSR count). The summed E-state index contributed by atoms with van der Waals surface area (Å²) in [5.41, 5.74) is 1.36. The average Bonchev–Trinajstić information content (AvgIpc) is 3.34. The van der Waals surface area contributed by atoms with E-state index in [1.54, 1.807) is 30.3 Å². The van der Waals surface area contributed by atoms with E-state index in [1.807, 2.05) is 0 Å². The number of phenolic OH excluding ortho intramolecular Hbond substituents is 1. The van der Waals surface area contributed by atoms with Crippen molar-refractivity contribution in [2.24, 2.45) is 0 Å². The van der Waals surface area contributed by atoms with Crippen molar-refractivity contribution in [2.75, 3.05) is 4.72 Å². The third-order valence-corrected chi connectivity index (χ3v) is 6.30. The van der Waals surface area contributed by atoms with E-state index in [1.165, 1.54) is 48.9 Å². The lowest BCUT2D eigenvalue weighted by Crippen LogP contribution is -2.14. The number of hydrogen-bond acceptors (Lipinski definition) is 7. The predicted octanol–water partition coefficient (Wildman–Crippen LogP) is 5.33. The summed E-state index contributed by atoms with van der Waals surface area (Å²) in [4.78, 5) is 8.04. The van der Waals surface area contributed by atoms with Gasteiger partial charge >= 0.3 is 0 Å². The van der Waals surface area contributed by atoms with Gasteiger partial charge in [-0.1, -0.05) is 18.2 Å². The molecule has 34 heavy (non-hydrogen) atoms. The van der Waals surface area contributed by atoms with Crippen LogP contribution in [-0.2, 0) is 10.0 Å². The molecule has 0 bridgehead atoms. The molecule has 0 radical (unpaired) electrons. The molecule has 3 heterocycles. The van der Waals surface area contributed by atoms with E-state index in [4.69, 9.17) is 9.15 Å². The second-order valence-corrected chi connectivity index (χ2v) is 8.92. The SMILES string of the molecule is O=S(=O)(Nc1cc(-c2cnc3c(O)cccc3c2)ccc1F)c1ccc(Oc2ccco2)nc1. The summed E-state index contributed by atoms with van der Waals surface area (Å²) >= 11 is 0. The summed E-state index contributed by atoms with van der Waals surface area (Å²) in [6.07, 6.45) is 4.05. The third kappa shape index (κ3) is 4.26. The maximum Gasteiger partial charge on any atom is 0.291 e. The Hall–Kier alpha value is -4.44. The van der Waals surface area contributed by atoms with Crippen LogP contribution in [0.15, 0.2) is 94.7 Å². The van der Waals surface area contributed by atoms with Crippen molar-refractivity contribution in [3.63, 3.8) is 0 Å². The molecule has 0 aliphatic heterocycles. The molecule has 8 nitrogen and oxygen atoms in total. The summed E-state index contributed by atoms with van der Waals surface area (Å²) in [5, 5.41) is 10.6. The number of rotatable bonds is 6. The number of halogens is 1. The molecule has 0 spiro atoms. The molecule has 0 aliphatic carbocycles. The first-order chi connectivity index (χ1) is 16.4. The number of aromatic nitrogens is 2. The lowest BCUT2D eigenvalue weighted by molar-refractivity contribution is 0.337. The summed E-state index contributed by atoms with van der Waals surface area (Å²) in [6.45, 7) is 0. The van der Waals surface area contributed by atoms with Crippen LogP contribution < -0.4 is 9.46 Å². The number of nitrogens with zero attached hydrogens (tertiary/aromatic N) is 2. The van der Waals surface area contributed by atoms with Gasteiger partial charge in [0, 0.05) is 29.3 Å². The molecule has 0 saturated carbocycles. The van der Waals surface area contributed by atoms with Gasteiger partial charge in [0.15, 0.2) is 0 Å². The van der Waals surface area contributed by atoms with Crippen molar-refractivity contribution in [2.45, 2.75) is 4.90 Å². The van der Waals surface area contributed by atoms with Crippen LogP contribution >= 0.6 is 0 Å². The fraction of sp³-hybridized carbons (Fsp3) is 0. The fourth-order valence-electron chi connectivity index (χ4n) is 3.30. The van der Waals surface area contributed by atoms with Gasteiger partial charge < -0.3 is 14.3 Å². The van der Waals surface area contributed by atoms with Crippen LogP contribution in [0.3, 0.4) is 0 Å². The van der Waals surface area contributed by atoms with Gasteiger partial charge in [0.2, 0.25) is 5.88 Å². The molecule has 170 valence electrons. The molecule has 2 N–H and O–H groups in total. The van der Waals surface area contributed by atoms with Gasteiger partial charge in [0.25, 0.3) is 16.0 Å². The Morgan fingerprint density at radius 1 is 0.941 bits per heavy atom. The highest BCUT2D eigenvalue weighted by Gasteiger charge is 2.18. The molecule has 0 unspecified atom stereocenters. The van der Waals surface area contributed by atoms with E-state index in [9.17, 15) is 17.9 Å². The van der Waals surface area contributed by atoms with Gasteiger partial charge in [0.1, 0.15) is 22.0 Å². The van der Waals surface area contributed by atoms with E-state index < -0.39 is 15.8 Å². The van der Waals surface area contributed by atoms with Crippen molar-refractivity contribution < 1.29 is 27.1 Å². The number of anilines is 1. The summed E-state index contributed by atoms with van der Waals surface area (Å²) in [5.74, 6) is -0.356. The van der Waals surface area contributed by atoms with Crippen LogP contribution in [0.5, 0.6) is 17.6 Å². The average molecular weight is 477 g/mol. The van der Waals surface area contributed by atoms with E-state index in [0.29, 0.717) is 22.0 Å². The molecule has 0 amide bonds. The first-order valence-corrected chi connectivity index (χ1v) is 11.5. The third-order valence-electron chi connectivity index (χ3n) is 4.95. The van der Waals surface area contributed by atoms with E-state index in [2.05, 4.69) is 14.7 Å². The van der Waals surface area contributed by atoms with Gasteiger partial charge in [-0.3, -0.25) is 9.71 Å². The Labute approximate surface area is 193 Å². The standard InChI is InChI=1S/C24H16FN3O5S/c25-19-8-6-15(17-11-16-3-1-4-21(29)24(16)27-13-17)12-20(19)28-34(30,31)18-7-9-22(26-14-18)33-23-5-2-10-32-23/h1-14,28-29H. The molecule has 0 saturated heterocycles. The molecule has 0 atom stereocenters. The molecule has 2 aromatic carbocycles.